The minimum Gasteiger partial charge on any atom is -0.437 e. The number of amides is 1. The maximum absolute atomic E-state index is 13.5. The van der Waals surface area contributed by atoms with Gasteiger partial charge in [-0.3, -0.25) is 9.78 Å². The summed E-state index contributed by atoms with van der Waals surface area (Å²) in [7, 11) is 0. The third-order valence-electron chi connectivity index (χ3n) is 7.31. The summed E-state index contributed by atoms with van der Waals surface area (Å²) >= 11 is 0. The first kappa shape index (κ1) is 23.2. The zero-order valence-corrected chi connectivity index (χ0v) is 20.4. The second-order valence-electron chi connectivity index (χ2n) is 9.82. The number of aryl methyl sites for hydroxylation is 1. The van der Waals surface area contributed by atoms with Gasteiger partial charge in [-0.05, 0) is 50.8 Å². The minimum absolute atomic E-state index is 0.220. The SMILES string of the molecule is Cc1ccc(Oc2nccnc2C2CCN(C(=O)C3(C)CCN(c4ncccn4)CC3)CC2)cc1. The summed E-state index contributed by atoms with van der Waals surface area (Å²) < 4.78 is 6.08. The number of hydrogen-bond donors (Lipinski definition) is 0. The molecule has 2 aromatic heterocycles. The van der Waals surface area contributed by atoms with Gasteiger partial charge in [0.25, 0.3) is 0 Å². The zero-order valence-electron chi connectivity index (χ0n) is 20.4. The summed E-state index contributed by atoms with van der Waals surface area (Å²) in [5.74, 6) is 2.54. The lowest BCUT2D eigenvalue weighted by molar-refractivity contribution is -0.143. The summed E-state index contributed by atoms with van der Waals surface area (Å²) in [5, 5.41) is 0. The predicted molar refractivity (Wildman–Crippen MR) is 133 cm³/mol. The molecule has 0 atom stereocenters. The number of nitrogens with zero attached hydrogens (tertiary/aromatic N) is 6. The Kier molecular flexibility index (Phi) is 6.61. The van der Waals surface area contributed by atoms with Crippen molar-refractivity contribution in [1.29, 1.82) is 0 Å². The van der Waals surface area contributed by atoms with Crippen LogP contribution < -0.4 is 9.64 Å². The van der Waals surface area contributed by atoms with E-state index in [4.69, 9.17) is 4.74 Å². The first-order chi connectivity index (χ1) is 17.0. The summed E-state index contributed by atoms with van der Waals surface area (Å²) in [6.45, 7) is 7.20. The first-order valence-corrected chi connectivity index (χ1v) is 12.4. The number of carbonyl (C=O) groups excluding carboxylic acids is 1. The number of carbonyl (C=O) groups is 1. The van der Waals surface area contributed by atoms with Gasteiger partial charge in [-0.25, -0.2) is 15.0 Å². The van der Waals surface area contributed by atoms with Gasteiger partial charge in [-0.2, -0.15) is 0 Å². The molecule has 0 N–H and O–H groups in total. The Morgan fingerprint density at radius 1 is 0.914 bits per heavy atom. The smallest absolute Gasteiger partial charge is 0.241 e. The number of rotatable bonds is 5. The number of piperidine rings is 2. The molecule has 0 unspecified atom stereocenters. The van der Waals surface area contributed by atoms with Crippen molar-refractivity contribution in [3.05, 3.63) is 66.4 Å². The van der Waals surface area contributed by atoms with Crippen LogP contribution in [0.3, 0.4) is 0 Å². The van der Waals surface area contributed by atoms with Gasteiger partial charge >= 0.3 is 0 Å². The second kappa shape index (κ2) is 9.98. The normalized spacial score (nSPS) is 18.3. The molecule has 0 radical (unpaired) electrons. The lowest BCUT2D eigenvalue weighted by atomic mass is 9.78. The molecule has 0 bridgehead atoms. The first-order valence-electron chi connectivity index (χ1n) is 12.4. The Balaban J connectivity index is 1.19. The molecule has 3 aromatic rings. The van der Waals surface area contributed by atoms with Gasteiger partial charge in [0.1, 0.15) is 11.4 Å². The fraction of sp³-hybridized carbons (Fsp3) is 0.444. The van der Waals surface area contributed by atoms with Gasteiger partial charge in [-0.1, -0.05) is 24.6 Å². The quantitative estimate of drug-likeness (QED) is 0.545. The van der Waals surface area contributed by atoms with Crippen molar-refractivity contribution in [2.45, 2.75) is 45.4 Å². The van der Waals surface area contributed by atoms with E-state index in [2.05, 4.69) is 31.8 Å². The maximum atomic E-state index is 13.5. The molecular formula is C27H32N6O2. The summed E-state index contributed by atoms with van der Waals surface area (Å²) in [6, 6.07) is 9.76. The molecule has 5 rings (SSSR count). The van der Waals surface area contributed by atoms with Crippen molar-refractivity contribution >= 4 is 11.9 Å². The lowest BCUT2D eigenvalue weighted by Crippen LogP contribution is -2.51. The fourth-order valence-corrected chi connectivity index (χ4v) is 5.02. The molecule has 182 valence electrons. The number of hydrogen-bond acceptors (Lipinski definition) is 7. The van der Waals surface area contributed by atoms with Crippen LogP contribution in [0.1, 0.15) is 49.8 Å². The Bertz CT molecular complexity index is 1140. The Morgan fingerprint density at radius 3 is 2.26 bits per heavy atom. The number of likely N-dealkylation sites (tertiary alicyclic amines) is 1. The molecule has 2 saturated heterocycles. The number of anilines is 1. The van der Waals surface area contributed by atoms with Crippen LogP contribution in [0.25, 0.3) is 0 Å². The molecule has 2 aliphatic rings. The average molecular weight is 473 g/mol. The standard InChI is InChI=1S/C27H32N6O2/c1-20-4-6-22(7-5-20)35-24-23(28-14-15-29-24)21-8-16-32(17-9-21)25(34)27(2)10-18-33(19-11-27)26-30-12-3-13-31-26/h3-7,12-15,21H,8-11,16-19H2,1-2H3. The Hall–Kier alpha value is -3.55. The van der Waals surface area contributed by atoms with Crippen LogP contribution in [0.2, 0.25) is 0 Å². The second-order valence-corrected chi connectivity index (χ2v) is 9.82. The molecule has 2 aliphatic heterocycles. The monoisotopic (exact) mass is 472 g/mol. The van der Waals surface area contributed by atoms with Crippen LogP contribution in [0.4, 0.5) is 5.95 Å². The van der Waals surface area contributed by atoms with E-state index in [1.165, 1.54) is 5.56 Å². The Labute approximate surface area is 206 Å². The topological polar surface area (TPSA) is 84.3 Å². The highest BCUT2D eigenvalue weighted by Gasteiger charge is 2.41. The van der Waals surface area contributed by atoms with Gasteiger partial charge in [0.2, 0.25) is 17.7 Å². The molecule has 35 heavy (non-hydrogen) atoms. The van der Waals surface area contributed by atoms with Crippen molar-refractivity contribution < 1.29 is 9.53 Å². The van der Waals surface area contributed by atoms with E-state index in [1.807, 2.05) is 42.2 Å². The van der Waals surface area contributed by atoms with Crippen LogP contribution in [0, 0.1) is 12.3 Å². The van der Waals surface area contributed by atoms with Gasteiger partial charge in [0.05, 0.1) is 0 Å². The number of ether oxygens (including phenoxy) is 1. The van der Waals surface area contributed by atoms with E-state index in [0.29, 0.717) is 5.88 Å². The van der Waals surface area contributed by atoms with E-state index in [1.54, 1.807) is 24.8 Å². The van der Waals surface area contributed by atoms with Crippen molar-refractivity contribution in [1.82, 2.24) is 24.8 Å². The van der Waals surface area contributed by atoms with Crippen LogP contribution in [-0.4, -0.2) is 56.9 Å². The molecule has 0 spiro atoms. The van der Waals surface area contributed by atoms with E-state index in [9.17, 15) is 4.79 Å². The van der Waals surface area contributed by atoms with Crippen LogP contribution >= 0.6 is 0 Å². The largest absolute Gasteiger partial charge is 0.437 e. The predicted octanol–water partition coefficient (Wildman–Crippen LogP) is 4.38. The van der Waals surface area contributed by atoms with Crippen LogP contribution in [0.5, 0.6) is 11.6 Å². The molecular weight excluding hydrogens is 440 g/mol. The van der Waals surface area contributed by atoms with Crippen LogP contribution in [0.15, 0.2) is 55.1 Å². The molecule has 1 amide bonds. The molecule has 8 heteroatoms. The molecule has 0 aliphatic carbocycles. The molecule has 0 saturated carbocycles. The van der Waals surface area contributed by atoms with Gasteiger partial charge in [-0.15, -0.1) is 0 Å². The van der Waals surface area contributed by atoms with E-state index in [0.717, 1.165) is 69.3 Å². The van der Waals surface area contributed by atoms with Gasteiger partial charge in [0.15, 0.2) is 0 Å². The summed E-state index contributed by atoms with van der Waals surface area (Å²) in [6.07, 6.45) is 10.2. The average Bonchev–Trinajstić information content (AvgIpc) is 2.91. The van der Waals surface area contributed by atoms with E-state index in [-0.39, 0.29) is 17.2 Å². The third-order valence-corrected chi connectivity index (χ3v) is 7.31. The zero-order chi connectivity index (χ0) is 24.3. The third kappa shape index (κ3) is 5.11. The van der Waals surface area contributed by atoms with Crippen molar-refractivity contribution in [2.24, 2.45) is 5.41 Å². The molecule has 1 aromatic carbocycles. The van der Waals surface area contributed by atoms with Crippen molar-refractivity contribution in [3.63, 3.8) is 0 Å². The highest BCUT2D eigenvalue weighted by atomic mass is 16.5. The number of benzene rings is 1. The highest BCUT2D eigenvalue weighted by molar-refractivity contribution is 5.82. The molecule has 2 fully saturated rings. The molecule has 4 heterocycles. The summed E-state index contributed by atoms with van der Waals surface area (Å²) in [5.41, 5.74) is 1.72. The minimum atomic E-state index is -0.343. The van der Waals surface area contributed by atoms with Crippen molar-refractivity contribution in [3.8, 4) is 11.6 Å². The lowest BCUT2D eigenvalue weighted by Gasteiger charge is -2.42. The number of aromatic nitrogens is 4. The fourth-order valence-electron chi connectivity index (χ4n) is 5.02. The van der Waals surface area contributed by atoms with E-state index < -0.39 is 0 Å². The van der Waals surface area contributed by atoms with Gasteiger partial charge < -0.3 is 14.5 Å². The van der Waals surface area contributed by atoms with Crippen molar-refractivity contribution in [2.75, 3.05) is 31.1 Å². The van der Waals surface area contributed by atoms with Gasteiger partial charge in [0, 0.05) is 62.3 Å². The molecule has 8 nitrogen and oxygen atoms in total. The maximum Gasteiger partial charge on any atom is 0.241 e. The highest BCUT2D eigenvalue weighted by Crippen LogP contribution is 2.38. The van der Waals surface area contributed by atoms with Crippen LogP contribution in [-0.2, 0) is 4.79 Å². The summed E-state index contributed by atoms with van der Waals surface area (Å²) in [4.78, 5) is 35.5. The Morgan fingerprint density at radius 2 is 1.57 bits per heavy atom. The van der Waals surface area contributed by atoms with E-state index >= 15 is 0 Å².